The number of amides is 1. The standard InChI is InChI=1S/C22H19FN2O3S/c1-14-5-2-3-8-21(14)29(27,28)25-22(26)20-10-9-19-17(6-4-7-18(19)20)15-11-16(23)13-24-12-15/h2-8,11-13,20H,9-10H2,1H3,(H,25,26). The van der Waals surface area contributed by atoms with Crippen molar-refractivity contribution in [1.82, 2.24) is 9.71 Å². The van der Waals surface area contributed by atoms with E-state index in [0.29, 0.717) is 24.0 Å². The van der Waals surface area contributed by atoms with Crippen molar-refractivity contribution in [1.29, 1.82) is 0 Å². The van der Waals surface area contributed by atoms with E-state index in [-0.39, 0.29) is 4.90 Å². The van der Waals surface area contributed by atoms with Crippen molar-refractivity contribution in [3.63, 3.8) is 0 Å². The fourth-order valence-corrected chi connectivity index (χ4v) is 5.14. The number of hydrogen-bond acceptors (Lipinski definition) is 4. The number of sulfonamides is 1. The molecule has 1 atom stereocenters. The molecule has 1 aliphatic rings. The molecule has 0 saturated heterocycles. The quantitative estimate of drug-likeness (QED) is 0.711. The molecule has 2 aromatic carbocycles. The topological polar surface area (TPSA) is 76.1 Å². The van der Waals surface area contributed by atoms with Gasteiger partial charge in [0.15, 0.2) is 0 Å². The number of carbonyl (C=O) groups is 1. The van der Waals surface area contributed by atoms with Crippen LogP contribution >= 0.6 is 0 Å². The van der Waals surface area contributed by atoms with E-state index in [1.54, 1.807) is 37.4 Å². The number of pyridine rings is 1. The average molecular weight is 410 g/mol. The molecule has 0 radical (unpaired) electrons. The normalized spacial score (nSPS) is 15.7. The van der Waals surface area contributed by atoms with Gasteiger partial charge in [0.25, 0.3) is 10.0 Å². The monoisotopic (exact) mass is 410 g/mol. The summed E-state index contributed by atoms with van der Waals surface area (Å²) in [5.41, 5.74) is 3.71. The van der Waals surface area contributed by atoms with Gasteiger partial charge in [0.2, 0.25) is 5.91 Å². The van der Waals surface area contributed by atoms with Crippen LogP contribution in [-0.2, 0) is 21.2 Å². The summed E-state index contributed by atoms with van der Waals surface area (Å²) in [6.07, 6.45) is 3.81. The fraction of sp³-hybridized carbons (Fsp3) is 0.182. The second-order valence-corrected chi connectivity index (χ2v) is 8.74. The van der Waals surface area contributed by atoms with E-state index < -0.39 is 27.7 Å². The van der Waals surface area contributed by atoms with Crippen molar-refractivity contribution in [3.8, 4) is 11.1 Å². The molecule has 3 aromatic rings. The molecule has 1 aliphatic carbocycles. The molecule has 1 N–H and O–H groups in total. The maximum Gasteiger partial charge on any atom is 0.264 e. The number of nitrogens with zero attached hydrogens (tertiary/aromatic N) is 1. The van der Waals surface area contributed by atoms with Gasteiger partial charge < -0.3 is 0 Å². The Kier molecular flexibility index (Phi) is 4.92. The average Bonchev–Trinajstić information content (AvgIpc) is 3.12. The van der Waals surface area contributed by atoms with E-state index in [1.807, 2.05) is 12.1 Å². The van der Waals surface area contributed by atoms with Crippen LogP contribution in [0.25, 0.3) is 11.1 Å². The van der Waals surface area contributed by atoms with Gasteiger partial charge in [0, 0.05) is 11.8 Å². The highest BCUT2D eigenvalue weighted by Crippen LogP contribution is 2.39. The minimum Gasteiger partial charge on any atom is -0.273 e. The third kappa shape index (κ3) is 3.65. The van der Waals surface area contributed by atoms with Gasteiger partial charge in [-0.2, -0.15) is 0 Å². The van der Waals surface area contributed by atoms with Gasteiger partial charge in [0.05, 0.1) is 17.0 Å². The van der Waals surface area contributed by atoms with Gasteiger partial charge in [-0.1, -0.05) is 36.4 Å². The molecule has 0 fully saturated rings. The SMILES string of the molecule is Cc1ccccc1S(=O)(=O)NC(=O)C1CCc2c(-c3cncc(F)c3)cccc21. The number of nitrogens with one attached hydrogen (secondary N) is 1. The minimum atomic E-state index is -3.96. The Balaban J connectivity index is 1.64. The van der Waals surface area contributed by atoms with Crippen LogP contribution in [0.3, 0.4) is 0 Å². The third-order valence-corrected chi connectivity index (χ3v) is 6.73. The van der Waals surface area contributed by atoms with Crippen LogP contribution in [0.15, 0.2) is 65.8 Å². The van der Waals surface area contributed by atoms with Gasteiger partial charge in [-0.3, -0.25) is 9.78 Å². The molecule has 7 heteroatoms. The fourth-order valence-electron chi connectivity index (χ4n) is 3.87. The van der Waals surface area contributed by atoms with Crippen LogP contribution in [0.4, 0.5) is 4.39 Å². The van der Waals surface area contributed by atoms with Crippen molar-refractivity contribution in [3.05, 3.63) is 83.4 Å². The molecule has 1 amide bonds. The van der Waals surface area contributed by atoms with Crippen LogP contribution in [0, 0.1) is 12.7 Å². The van der Waals surface area contributed by atoms with E-state index in [4.69, 9.17) is 0 Å². The molecule has 1 heterocycles. The summed E-state index contributed by atoms with van der Waals surface area (Å²) in [6.45, 7) is 1.68. The second-order valence-electron chi connectivity index (χ2n) is 7.09. The Labute approximate surface area is 168 Å². The largest absolute Gasteiger partial charge is 0.273 e. The highest BCUT2D eigenvalue weighted by Gasteiger charge is 2.33. The van der Waals surface area contributed by atoms with E-state index in [9.17, 15) is 17.6 Å². The summed E-state index contributed by atoms with van der Waals surface area (Å²) >= 11 is 0. The molecule has 0 spiro atoms. The number of benzene rings is 2. The highest BCUT2D eigenvalue weighted by atomic mass is 32.2. The van der Waals surface area contributed by atoms with E-state index in [0.717, 1.165) is 22.9 Å². The minimum absolute atomic E-state index is 0.0890. The van der Waals surface area contributed by atoms with Crippen molar-refractivity contribution in [2.45, 2.75) is 30.6 Å². The summed E-state index contributed by atoms with van der Waals surface area (Å²) < 4.78 is 41.2. The maximum absolute atomic E-state index is 13.6. The highest BCUT2D eigenvalue weighted by molar-refractivity contribution is 7.90. The molecule has 148 valence electrons. The summed E-state index contributed by atoms with van der Waals surface area (Å²) in [4.78, 5) is 16.8. The molecular weight excluding hydrogens is 391 g/mol. The van der Waals surface area contributed by atoms with Crippen LogP contribution < -0.4 is 4.72 Å². The van der Waals surface area contributed by atoms with Gasteiger partial charge in [-0.05, 0) is 54.2 Å². The lowest BCUT2D eigenvalue weighted by atomic mass is 9.95. The molecule has 0 bridgehead atoms. The first kappa shape index (κ1) is 19.3. The van der Waals surface area contributed by atoms with Crippen molar-refractivity contribution < 1.29 is 17.6 Å². The lowest BCUT2D eigenvalue weighted by molar-refractivity contribution is -0.120. The van der Waals surface area contributed by atoms with Gasteiger partial charge >= 0.3 is 0 Å². The molecule has 5 nitrogen and oxygen atoms in total. The first-order valence-electron chi connectivity index (χ1n) is 9.22. The summed E-state index contributed by atoms with van der Waals surface area (Å²) in [7, 11) is -3.96. The predicted molar refractivity (Wildman–Crippen MR) is 107 cm³/mol. The van der Waals surface area contributed by atoms with Crippen molar-refractivity contribution >= 4 is 15.9 Å². The molecule has 4 rings (SSSR count). The number of hydrogen-bond donors (Lipinski definition) is 1. The Morgan fingerprint density at radius 2 is 1.93 bits per heavy atom. The van der Waals surface area contributed by atoms with E-state index in [2.05, 4.69) is 9.71 Å². The molecule has 0 saturated carbocycles. The van der Waals surface area contributed by atoms with Gasteiger partial charge in [0.1, 0.15) is 5.82 Å². The zero-order chi connectivity index (χ0) is 20.6. The molecule has 1 unspecified atom stereocenters. The van der Waals surface area contributed by atoms with Crippen LogP contribution in [0.2, 0.25) is 0 Å². The van der Waals surface area contributed by atoms with Crippen LogP contribution in [0.5, 0.6) is 0 Å². The summed E-state index contributed by atoms with van der Waals surface area (Å²) in [5, 5.41) is 0. The molecule has 29 heavy (non-hydrogen) atoms. The number of halogens is 1. The van der Waals surface area contributed by atoms with Crippen molar-refractivity contribution in [2.24, 2.45) is 0 Å². The first-order valence-corrected chi connectivity index (χ1v) is 10.7. The number of fused-ring (bicyclic) bond motifs is 1. The van der Waals surface area contributed by atoms with Crippen LogP contribution in [0.1, 0.15) is 29.0 Å². The lowest BCUT2D eigenvalue weighted by Crippen LogP contribution is -2.34. The number of aromatic nitrogens is 1. The Morgan fingerprint density at radius 1 is 1.14 bits per heavy atom. The van der Waals surface area contributed by atoms with E-state index in [1.165, 1.54) is 12.1 Å². The first-order chi connectivity index (χ1) is 13.9. The van der Waals surface area contributed by atoms with E-state index >= 15 is 0 Å². The number of carbonyl (C=O) groups excluding carboxylic acids is 1. The number of aryl methyl sites for hydroxylation is 1. The number of rotatable bonds is 4. The Morgan fingerprint density at radius 3 is 2.69 bits per heavy atom. The predicted octanol–water partition coefficient (Wildman–Crippen LogP) is 3.73. The Hall–Kier alpha value is -3.06. The zero-order valence-corrected chi connectivity index (χ0v) is 16.5. The third-order valence-electron chi connectivity index (χ3n) is 5.22. The molecule has 1 aromatic heterocycles. The zero-order valence-electron chi connectivity index (χ0n) is 15.7. The van der Waals surface area contributed by atoms with Gasteiger partial charge in [-0.15, -0.1) is 0 Å². The maximum atomic E-state index is 13.6. The summed E-state index contributed by atoms with van der Waals surface area (Å²) in [6, 6.07) is 13.4. The summed E-state index contributed by atoms with van der Waals surface area (Å²) in [5.74, 6) is -1.57. The van der Waals surface area contributed by atoms with Crippen molar-refractivity contribution in [2.75, 3.05) is 0 Å². The lowest BCUT2D eigenvalue weighted by Gasteiger charge is -2.15. The Bertz CT molecular complexity index is 1210. The van der Waals surface area contributed by atoms with Gasteiger partial charge in [-0.25, -0.2) is 17.5 Å². The smallest absolute Gasteiger partial charge is 0.264 e. The molecular formula is C22H19FN2O3S. The second kappa shape index (κ2) is 7.40. The molecule has 0 aliphatic heterocycles. The van der Waals surface area contributed by atoms with Crippen LogP contribution in [-0.4, -0.2) is 19.3 Å².